The van der Waals surface area contributed by atoms with Crippen molar-refractivity contribution in [2.75, 3.05) is 10.6 Å². The van der Waals surface area contributed by atoms with Crippen LogP contribution >= 0.6 is 0 Å². The number of benzene rings is 2. The Labute approximate surface area is 229 Å². The fourth-order valence-electron chi connectivity index (χ4n) is 4.93. The average Bonchev–Trinajstić information content (AvgIpc) is 3.25. The molecule has 1 aliphatic heterocycles. The van der Waals surface area contributed by atoms with Crippen LogP contribution in [0.5, 0.6) is 0 Å². The van der Waals surface area contributed by atoms with E-state index in [9.17, 15) is 22.8 Å². The molecule has 0 fully saturated rings. The summed E-state index contributed by atoms with van der Waals surface area (Å²) < 4.78 is 40.1. The van der Waals surface area contributed by atoms with E-state index in [-0.39, 0.29) is 17.3 Å². The molecule has 40 heavy (non-hydrogen) atoms. The summed E-state index contributed by atoms with van der Waals surface area (Å²) >= 11 is 0. The van der Waals surface area contributed by atoms with E-state index >= 15 is 0 Å². The number of fused-ring (bicyclic) bond motifs is 1. The summed E-state index contributed by atoms with van der Waals surface area (Å²) in [5.41, 5.74) is 3.66. The number of nitrogens with zero attached hydrogens (tertiary/aromatic N) is 1. The number of aromatic nitrogens is 2. The third-order valence-corrected chi connectivity index (χ3v) is 6.72. The Bertz CT molecular complexity index is 1530. The first kappa shape index (κ1) is 27.0. The summed E-state index contributed by atoms with van der Waals surface area (Å²) in [6.07, 6.45) is -1.41. The number of nitrogens with one attached hydrogen (secondary N) is 4. The van der Waals surface area contributed by atoms with Crippen LogP contribution in [0, 0.1) is 5.82 Å². The standard InChI is InChI=1S/C30H28F3N5O2/c1-30(2)16-22-25(29(40)38-30)27(35-20-6-4-3-5-7-20)26(36-22)18-12-13-34-24(14-18)37-28(39)21(15-23(32)33)17-8-10-19(31)11-9-17/h3-14,21,23,35-36H,15-16H2,1-2H3,(H,38,40)(H,34,37,39)/t21-/m1/s1. The number of para-hydroxylation sites is 1. The molecule has 206 valence electrons. The van der Waals surface area contributed by atoms with Gasteiger partial charge in [-0.05, 0) is 55.8 Å². The van der Waals surface area contributed by atoms with Gasteiger partial charge in [-0.3, -0.25) is 9.59 Å². The van der Waals surface area contributed by atoms with Gasteiger partial charge in [0.05, 0.1) is 22.9 Å². The van der Waals surface area contributed by atoms with Gasteiger partial charge in [-0.25, -0.2) is 18.2 Å². The number of aromatic amines is 1. The number of carbonyl (C=O) groups excluding carboxylic acids is 2. The van der Waals surface area contributed by atoms with Crippen LogP contribution in [0.2, 0.25) is 0 Å². The van der Waals surface area contributed by atoms with Crippen LogP contribution in [-0.2, 0) is 11.2 Å². The molecule has 4 aromatic rings. The van der Waals surface area contributed by atoms with Gasteiger partial charge in [-0.15, -0.1) is 0 Å². The number of carbonyl (C=O) groups is 2. The summed E-state index contributed by atoms with van der Waals surface area (Å²) in [6, 6.07) is 17.6. The molecule has 0 unspecified atom stereocenters. The van der Waals surface area contributed by atoms with Crippen molar-refractivity contribution in [2.24, 2.45) is 0 Å². The van der Waals surface area contributed by atoms with E-state index in [4.69, 9.17) is 0 Å². The Kier molecular flexibility index (Phi) is 7.34. The van der Waals surface area contributed by atoms with E-state index in [0.29, 0.717) is 28.9 Å². The van der Waals surface area contributed by atoms with Crippen molar-refractivity contribution >= 4 is 29.0 Å². The average molecular weight is 548 g/mol. The molecule has 7 nitrogen and oxygen atoms in total. The monoisotopic (exact) mass is 547 g/mol. The lowest BCUT2D eigenvalue weighted by molar-refractivity contribution is -0.118. The molecule has 0 saturated carbocycles. The second kappa shape index (κ2) is 10.9. The van der Waals surface area contributed by atoms with Crippen molar-refractivity contribution in [1.29, 1.82) is 0 Å². The van der Waals surface area contributed by atoms with Crippen molar-refractivity contribution in [3.63, 3.8) is 0 Å². The Hall–Kier alpha value is -4.60. The fraction of sp³-hybridized carbons (Fsp3) is 0.233. The van der Waals surface area contributed by atoms with Gasteiger partial charge in [0, 0.05) is 41.5 Å². The molecule has 0 bridgehead atoms. The number of pyridine rings is 1. The maximum Gasteiger partial charge on any atom is 0.255 e. The normalized spacial score (nSPS) is 14.8. The largest absolute Gasteiger partial charge is 0.356 e. The Morgan fingerprint density at radius 2 is 1.80 bits per heavy atom. The van der Waals surface area contributed by atoms with Crippen molar-refractivity contribution in [2.45, 2.75) is 44.6 Å². The van der Waals surface area contributed by atoms with Crippen LogP contribution in [-0.4, -0.2) is 33.7 Å². The van der Waals surface area contributed by atoms with Crippen LogP contribution in [0.25, 0.3) is 11.3 Å². The number of H-pyrrole nitrogens is 1. The minimum atomic E-state index is -2.74. The van der Waals surface area contributed by atoms with E-state index < -0.39 is 36.0 Å². The number of alkyl halides is 2. The van der Waals surface area contributed by atoms with Crippen LogP contribution in [0.3, 0.4) is 0 Å². The van der Waals surface area contributed by atoms with Gasteiger partial charge < -0.3 is 20.9 Å². The summed E-state index contributed by atoms with van der Waals surface area (Å²) in [5, 5.41) is 9.02. The zero-order chi connectivity index (χ0) is 28.4. The molecule has 0 aliphatic carbocycles. The smallest absolute Gasteiger partial charge is 0.255 e. The number of anilines is 3. The first-order chi connectivity index (χ1) is 19.1. The van der Waals surface area contributed by atoms with Gasteiger partial charge in [-0.1, -0.05) is 30.3 Å². The van der Waals surface area contributed by atoms with Crippen molar-refractivity contribution in [1.82, 2.24) is 15.3 Å². The molecule has 3 heterocycles. The van der Waals surface area contributed by atoms with Crippen molar-refractivity contribution < 1.29 is 22.8 Å². The van der Waals surface area contributed by atoms with Gasteiger partial charge >= 0.3 is 0 Å². The molecule has 0 spiro atoms. The second-order valence-corrected chi connectivity index (χ2v) is 10.4. The van der Waals surface area contributed by atoms with E-state index in [0.717, 1.165) is 23.5 Å². The lowest BCUT2D eigenvalue weighted by Crippen LogP contribution is -2.49. The fourth-order valence-corrected chi connectivity index (χ4v) is 4.93. The van der Waals surface area contributed by atoms with Gasteiger partial charge in [0.2, 0.25) is 12.3 Å². The molecule has 5 rings (SSSR count). The predicted molar refractivity (Wildman–Crippen MR) is 147 cm³/mol. The van der Waals surface area contributed by atoms with Crippen LogP contribution in [0.1, 0.15) is 47.8 Å². The summed E-state index contributed by atoms with van der Waals surface area (Å²) in [7, 11) is 0. The quantitative estimate of drug-likeness (QED) is 0.205. The molecule has 1 atom stereocenters. The number of hydrogen-bond donors (Lipinski definition) is 4. The molecule has 10 heteroatoms. The molecule has 2 aromatic heterocycles. The lowest BCUT2D eigenvalue weighted by atomic mass is 9.91. The molecule has 0 radical (unpaired) electrons. The predicted octanol–water partition coefficient (Wildman–Crippen LogP) is 6.40. The van der Waals surface area contributed by atoms with E-state index in [1.54, 1.807) is 12.1 Å². The second-order valence-electron chi connectivity index (χ2n) is 10.4. The third-order valence-electron chi connectivity index (χ3n) is 6.72. The van der Waals surface area contributed by atoms with Gasteiger partial charge in [0.1, 0.15) is 11.6 Å². The van der Waals surface area contributed by atoms with Gasteiger partial charge in [-0.2, -0.15) is 0 Å². The first-order valence-electron chi connectivity index (χ1n) is 12.8. The Morgan fingerprint density at radius 1 is 1.07 bits per heavy atom. The highest BCUT2D eigenvalue weighted by atomic mass is 19.3. The number of amides is 2. The van der Waals surface area contributed by atoms with Gasteiger partial charge in [0.15, 0.2) is 0 Å². The number of rotatable bonds is 8. The molecular formula is C30H28F3N5O2. The Balaban J connectivity index is 1.50. The first-order valence-corrected chi connectivity index (χ1v) is 12.8. The maximum atomic E-state index is 13.4. The number of hydrogen-bond acceptors (Lipinski definition) is 4. The maximum absolute atomic E-state index is 13.4. The number of halogens is 3. The topological polar surface area (TPSA) is 98.9 Å². The SMILES string of the molecule is CC1(C)Cc2[nH]c(-c3ccnc(NC(=O)[C@H](CC(F)F)c4ccc(F)cc4)c3)c(Nc3ccccc3)c2C(=O)N1. The highest BCUT2D eigenvalue weighted by molar-refractivity contribution is 6.07. The Morgan fingerprint density at radius 3 is 2.50 bits per heavy atom. The van der Waals surface area contributed by atoms with E-state index in [2.05, 4.69) is 25.9 Å². The van der Waals surface area contributed by atoms with Crippen LogP contribution < -0.4 is 16.0 Å². The molecule has 4 N–H and O–H groups in total. The van der Waals surface area contributed by atoms with Gasteiger partial charge in [0.25, 0.3) is 5.91 Å². The van der Waals surface area contributed by atoms with E-state index in [1.165, 1.54) is 18.3 Å². The minimum Gasteiger partial charge on any atom is -0.356 e. The molecular weight excluding hydrogens is 519 g/mol. The third kappa shape index (κ3) is 5.85. The van der Waals surface area contributed by atoms with Crippen molar-refractivity contribution in [3.8, 4) is 11.3 Å². The highest BCUT2D eigenvalue weighted by Gasteiger charge is 2.35. The van der Waals surface area contributed by atoms with Crippen molar-refractivity contribution in [3.05, 3.63) is 95.6 Å². The zero-order valence-electron chi connectivity index (χ0n) is 21.9. The molecule has 2 aromatic carbocycles. The minimum absolute atomic E-state index is 0.145. The highest BCUT2D eigenvalue weighted by Crippen LogP contribution is 2.39. The molecule has 0 saturated heterocycles. The molecule has 1 aliphatic rings. The summed E-state index contributed by atoms with van der Waals surface area (Å²) in [4.78, 5) is 33.9. The van der Waals surface area contributed by atoms with E-state index in [1.807, 2.05) is 44.2 Å². The summed E-state index contributed by atoms with van der Waals surface area (Å²) in [5.74, 6) is -2.49. The summed E-state index contributed by atoms with van der Waals surface area (Å²) in [6.45, 7) is 3.88. The lowest BCUT2D eigenvalue weighted by Gasteiger charge is -2.30. The zero-order valence-corrected chi connectivity index (χ0v) is 21.9. The van der Waals surface area contributed by atoms with Crippen LogP contribution in [0.4, 0.5) is 30.4 Å². The molecule has 2 amide bonds. The van der Waals surface area contributed by atoms with Crippen LogP contribution in [0.15, 0.2) is 72.9 Å².